The summed E-state index contributed by atoms with van der Waals surface area (Å²) in [7, 11) is 1.66. The zero-order valence-corrected chi connectivity index (χ0v) is 26.6. The number of β-lactam (4-membered cyclic amide) rings is 1. The zero-order chi connectivity index (χ0) is 34.1. The fraction of sp³-hybridized carbons (Fsp3) is 0.458. The normalized spacial score (nSPS) is 18.1. The van der Waals surface area contributed by atoms with Gasteiger partial charge >= 0.3 is 11.9 Å². The van der Waals surface area contributed by atoms with Crippen LogP contribution in [0.3, 0.4) is 0 Å². The quantitative estimate of drug-likeness (QED) is 0.0353. The second-order valence-electron chi connectivity index (χ2n) is 10.6. The van der Waals surface area contributed by atoms with Gasteiger partial charge < -0.3 is 48.2 Å². The Morgan fingerprint density at radius 1 is 1.33 bits per heavy atom. The highest BCUT2D eigenvalue weighted by Crippen LogP contribution is 2.40. The van der Waals surface area contributed by atoms with Crippen LogP contribution < -0.4 is 37.8 Å². The molecule has 2 atom stereocenters. The lowest BCUT2D eigenvalue weighted by Gasteiger charge is -2.49. The number of carboxylic acids is 2. The van der Waals surface area contributed by atoms with Crippen molar-refractivity contribution in [2.45, 2.75) is 43.8 Å². The summed E-state index contributed by atoms with van der Waals surface area (Å²) < 4.78 is 7.14. The standard InChI is InChI=1S/C24H33N13O7S2/c1-24(2,21(42)43)44-32-12(16-31-23(29)46-33-16)17(38)30-13-18(39)37-14(20(40)41)10(9-45-19(13)37)7-35-8-11(15(26)34(35)3)36(22(27)28)6-4-5-25/h8,13,19,26H,4-7,9,25H2,1-3H3,(H8,27,28,29,30,31,33,38,40,41,42,43)/p+1/b32-12+/t13-,19?/m1/s1. The van der Waals surface area contributed by atoms with E-state index in [1.54, 1.807) is 22.6 Å². The molecule has 2 aliphatic rings. The number of nitrogens with zero attached hydrogens (tertiary/aromatic N) is 7. The molecule has 0 aromatic carbocycles. The van der Waals surface area contributed by atoms with Crippen LogP contribution in [0.15, 0.2) is 22.6 Å². The lowest BCUT2D eigenvalue weighted by Crippen LogP contribution is -2.71. The van der Waals surface area contributed by atoms with Crippen molar-refractivity contribution in [3.05, 3.63) is 23.3 Å². The van der Waals surface area contributed by atoms with Gasteiger partial charge in [0.05, 0.1) is 7.05 Å². The Labute approximate surface area is 269 Å². The summed E-state index contributed by atoms with van der Waals surface area (Å²) in [6.45, 7) is 3.18. The topological polar surface area (TPSA) is 311 Å². The van der Waals surface area contributed by atoms with Crippen LogP contribution in [-0.2, 0) is 37.6 Å². The molecule has 0 bridgehead atoms. The molecule has 1 unspecified atom stereocenters. The smallest absolute Gasteiger partial charge is 0.352 e. The Kier molecular flexibility index (Phi) is 9.72. The molecular formula is C24H34N13O7S2+. The number of anilines is 3. The summed E-state index contributed by atoms with van der Waals surface area (Å²) >= 11 is 1.98. The molecule has 0 saturated carbocycles. The molecule has 1 fully saturated rings. The number of nitrogens with one attached hydrogen (secondary N) is 2. The average molecular weight is 681 g/mol. The van der Waals surface area contributed by atoms with Gasteiger partial charge in [-0.15, -0.1) is 21.1 Å². The summed E-state index contributed by atoms with van der Waals surface area (Å²) in [6.07, 6.45) is 2.18. The van der Waals surface area contributed by atoms with Gasteiger partial charge in [0.1, 0.15) is 17.1 Å². The predicted octanol–water partition coefficient (Wildman–Crippen LogP) is -2.60. The number of carbonyl (C=O) groups excluding carboxylic acids is 2. The summed E-state index contributed by atoms with van der Waals surface area (Å²) in [4.78, 5) is 62.1. The van der Waals surface area contributed by atoms with E-state index in [0.29, 0.717) is 30.8 Å². The van der Waals surface area contributed by atoms with E-state index >= 15 is 0 Å². The number of carboxylic acid groups (broad SMARTS) is 2. The van der Waals surface area contributed by atoms with Gasteiger partial charge in [0.15, 0.2) is 29.1 Å². The number of oxime groups is 1. The Hall–Kier alpha value is -4.96. The molecule has 4 heterocycles. The molecule has 46 heavy (non-hydrogen) atoms. The lowest BCUT2D eigenvalue weighted by atomic mass is 10.0. The summed E-state index contributed by atoms with van der Waals surface area (Å²) in [6, 6.07) is -1.15. The van der Waals surface area contributed by atoms with E-state index < -0.39 is 46.5 Å². The maximum atomic E-state index is 13.3. The van der Waals surface area contributed by atoms with Crippen LogP contribution >= 0.6 is 23.3 Å². The number of aliphatic carboxylic acids is 2. The van der Waals surface area contributed by atoms with Crippen molar-refractivity contribution < 1.29 is 38.9 Å². The van der Waals surface area contributed by atoms with Crippen LogP contribution in [0.5, 0.6) is 0 Å². The van der Waals surface area contributed by atoms with E-state index in [9.17, 15) is 29.4 Å². The van der Waals surface area contributed by atoms with E-state index in [1.807, 2.05) is 0 Å². The molecule has 22 heteroatoms. The van der Waals surface area contributed by atoms with Gasteiger partial charge in [-0.25, -0.2) is 9.59 Å². The lowest BCUT2D eigenvalue weighted by molar-refractivity contribution is -0.765. The van der Waals surface area contributed by atoms with Crippen molar-refractivity contribution in [1.29, 1.82) is 5.41 Å². The number of rotatable bonds is 13. The largest absolute Gasteiger partial charge is 0.478 e. The number of thioether (sulfide) groups is 1. The van der Waals surface area contributed by atoms with Gasteiger partial charge in [-0.05, 0) is 26.8 Å². The van der Waals surface area contributed by atoms with Crippen molar-refractivity contribution in [1.82, 2.24) is 24.3 Å². The molecule has 1 saturated heterocycles. The van der Waals surface area contributed by atoms with Crippen LogP contribution in [0.4, 0.5) is 16.6 Å². The average Bonchev–Trinajstić information content (AvgIpc) is 3.53. The minimum absolute atomic E-state index is 0.0000217. The zero-order valence-electron chi connectivity index (χ0n) is 25.0. The molecule has 2 aromatic heterocycles. The van der Waals surface area contributed by atoms with Gasteiger partial charge in [-0.2, -0.15) is 9.36 Å². The van der Waals surface area contributed by atoms with Crippen LogP contribution in [0.1, 0.15) is 26.1 Å². The molecule has 12 N–H and O–H groups in total. The third-order valence-electron chi connectivity index (χ3n) is 7.07. The van der Waals surface area contributed by atoms with Gasteiger partial charge in [-0.3, -0.25) is 19.9 Å². The monoisotopic (exact) mass is 680 g/mol. The van der Waals surface area contributed by atoms with Gasteiger partial charge in [0.25, 0.3) is 11.8 Å². The van der Waals surface area contributed by atoms with Crippen LogP contribution in [0, 0.1) is 5.41 Å². The number of hydrogen-bond donors (Lipinski definition) is 8. The minimum Gasteiger partial charge on any atom is -0.478 e. The molecule has 4 rings (SSSR count). The van der Waals surface area contributed by atoms with Crippen LogP contribution in [0.2, 0.25) is 0 Å². The summed E-state index contributed by atoms with van der Waals surface area (Å²) in [5, 5.41) is 32.8. The number of nitrogen functional groups attached to an aromatic ring is 2. The number of carbonyl (C=O) groups is 4. The molecular weight excluding hydrogens is 646 g/mol. The van der Waals surface area contributed by atoms with E-state index in [-0.39, 0.29) is 40.7 Å². The highest BCUT2D eigenvalue weighted by atomic mass is 32.2. The Balaban J connectivity index is 1.57. The number of nitrogens with two attached hydrogens (primary N) is 4. The Morgan fingerprint density at radius 2 is 2.02 bits per heavy atom. The Bertz CT molecular complexity index is 1650. The number of guanidine groups is 1. The molecule has 20 nitrogen and oxygen atoms in total. The summed E-state index contributed by atoms with van der Waals surface area (Å²) in [5.41, 5.74) is 21.6. The fourth-order valence-electron chi connectivity index (χ4n) is 4.50. The first kappa shape index (κ1) is 33.9. The van der Waals surface area contributed by atoms with Crippen molar-refractivity contribution in [3.8, 4) is 0 Å². The van der Waals surface area contributed by atoms with Crippen molar-refractivity contribution in [2.24, 2.45) is 23.7 Å². The molecule has 2 amide bonds. The molecule has 2 aromatic rings. The summed E-state index contributed by atoms with van der Waals surface area (Å²) in [5.74, 6) is -4.39. The fourth-order valence-corrected chi connectivity index (χ4v) is 6.27. The van der Waals surface area contributed by atoms with Crippen molar-refractivity contribution >= 4 is 75.4 Å². The maximum Gasteiger partial charge on any atom is 0.352 e. The molecule has 0 aliphatic carbocycles. The highest BCUT2D eigenvalue weighted by Gasteiger charge is 2.55. The number of fused-ring (bicyclic) bond motifs is 1. The SMILES string of the molecule is Cn1c(N)c(N(CCCN)C(=N)N)c[n+]1CC1=C(C(=O)O)N2C(=O)[C@@H](NC(=O)/C(=N/OC(C)(C)C(=O)O)c3nsc(N)n3)C2SC1. The third kappa shape index (κ3) is 6.53. The van der Waals surface area contributed by atoms with Gasteiger partial charge in [-0.1, -0.05) is 5.16 Å². The van der Waals surface area contributed by atoms with E-state index in [2.05, 4.69) is 19.8 Å². The first-order valence-corrected chi connectivity index (χ1v) is 15.4. The molecule has 0 radical (unpaired) electrons. The number of amides is 2. The highest BCUT2D eigenvalue weighted by molar-refractivity contribution is 8.00. The first-order valence-electron chi connectivity index (χ1n) is 13.6. The van der Waals surface area contributed by atoms with Crippen molar-refractivity contribution in [2.75, 3.05) is 35.2 Å². The van der Waals surface area contributed by atoms with Crippen LogP contribution in [0.25, 0.3) is 0 Å². The Morgan fingerprint density at radius 3 is 2.59 bits per heavy atom. The van der Waals surface area contributed by atoms with Crippen molar-refractivity contribution in [3.63, 3.8) is 0 Å². The molecule has 0 spiro atoms. The number of hydrogen-bond acceptors (Lipinski definition) is 14. The van der Waals surface area contributed by atoms with E-state index in [4.69, 9.17) is 33.2 Å². The number of aromatic nitrogens is 4. The second kappa shape index (κ2) is 13.2. The van der Waals surface area contributed by atoms with E-state index in [0.717, 1.165) is 16.4 Å². The van der Waals surface area contributed by atoms with E-state index in [1.165, 1.54) is 30.5 Å². The third-order valence-corrected chi connectivity index (χ3v) is 8.96. The van der Waals surface area contributed by atoms with Crippen LogP contribution in [-0.4, -0.2) is 100 Å². The van der Waals surface area contributed by atoms with Gasteiger partial charge in [0.2, 0.25) is 23.3 Å². The predicted molar refractivity (Wildman–Crippen MR) is 166 cm³/mol. The van der Waals surface area contributed by atoms with Gasteiger partial charge in [0, 0.05) is 29.4 Å². The maximum absolute atomic E-state index is 13.3. The minimum atomic E-state index is -1.82. The molecule has 2 aliphatic heterocycles. The second-order valence-corrected chi connectivity index (χ2v) is 12.5. The first-order chi connectivity index (χ1) is 21.6. The molecule has 248 valence electrons.